The van der Waals surface area contributed by atoms with E-state index in [0.717, 1.165) is 19.6 Å². The Bertz CT molecular complexity index is 435. The lowest BCUT2D eigenvalue weighted by Crippen LogP contribution is -2.31. The number of ether oxygens (including phenoxy) is 1. The van der Waals surface area contributed by atoms with E-state index in [9.17, 15) is 0 Å². The summed E-state index contributed by atoms with van der Waals surface area (Å²) in [7, 11) is 0. The Kier molecular flexibility index (Phi) is 4.74. The Balaban J connectivity index is 1.65. The SMILES string of the molecule is CC(NC1CCCOCC1)c1ccc2c(c1)CCCC2. The first-order valence-corrected chi connectivity index (χ1v) is 8.28. The Hall–Kier alpha value is -0.860. The quantitative estimate of drug-likeness (QED) is 0.905. The van der Waals surface area contributed by atoms with Gasteiger partial charge in [-0.1, -0.05) is 18.2 Å². The van der Waals surface area contributed by atoms with Crippen molar-refractivity contribution in [3.8, 4) is 0 Å². The van der Waals surface area contributed by atoms with Crippen LogP contribution in [0.1, 0.15) is 61.8 Å². The number of benzene rings is 1. The number of nitrogens with one attached hydrogen (secondary N) is 1. The smallest absolute Gasteiger partial charge is 0.0480 e. The van der Waals surface area contributed by atoms with Gasteiger partial charge in [-0.2, -0.15) is 0 Å². The fourth-order valence-corrected chi connectivity index (χ4v) is 3.54. The van der Waals surface area contributed by atoms with Crippen molar-refractivity contribution in [1.82, 2.24) is 5.32 Å². The van der Waals surface area contributed by atoms with Crippen LogP contribution in [0.15, 0.2) is 18.2 Å². The maximum Gasteiger partial charge on any atom is 0.0480 e. The molecule has 110 valence electrons. The molecule has 2 atom stereocenters. The first-order chi connectivity index (χ1) is 9.83. The van der Waals surface area contributed by atoms with Crippen LogP contribution in [0.4, 0.5) is 0 Å². The second-order valence-electron chi connectivity index (χ2n) is 6.36. The third-order valence-corrected chi connectivity index (χ3v) is 4.81. The normalized spacial score (nSPS) is 24.8. The summed E-state index contributed by atoms with van der Waals surface area (Å²) in [4.78, 5) is 0. The topological polar surface area (TPSA) is 21.3 Å². The molecule has 2 nitrogen and oxygen atoms in total. The summed E-state index contributed by atoms with van der Waals surface area (Å²) >= 11 is 0. The zero-order valence-electron chi connectivity index (χ0n) is 12.7. The van der Waals surface area contributed by atoms with Gasteiger partial charge < -0.3 is 10.1 Å². The molecule has 2 heteroatoms. The molecular weight excluding hydrogens is 246 g/mol. The molecule has 1 N–H and O–H groups in total. The van der Waals surface area contributed by atoms with Crippen LogP contribution in [0.2, 0.25) is 0 Å². The molecule has 0 aromatic heterocycles. The Morgan fingerprint density at radius 3 is 2.80 bits per heavy atom. The Labute approximate surface area is 122 Å². The number of aryl methyl sites for hydroxylation is 2. The highest BCUT2D eigenvalue weighted by atomic mass is 16.5. The van der Waals surface area contributed by atoms with Gasteiger partial charge in [-0.05, 0) is 68.6 Å². The molecule has 0 radical (unpaired) electrons. The van der Waals surface area contributed by atoms with Gasteiger partial charge in [0.15, 0.2) is 0 Å². The van der Waals surface area contributed by atoms with Crippen molar-refractivity contribution in [2.24, 2.45) is 0 Å². The molecule has 2 aliphatic rings. The minimum Gasteiger partial charge on any atom is -0.381 e. The summed E-state index contributed by atoms with van der Waals surface area (Å²) in [5.41, 5.74) is 4.62. The zero-order valence-corrected chi connectivity index (χ0v) is 12.7. The number of fused-ring (bicyclic) bond motifs is 1. The molecule has 1 aliphatic carbocycles. The average Bonchev–Trinajstić information content (AvgIpc) is 2.75. The van der Waals surface area contributed by atoms with Crippen molar-refractivity contribution in [2.45, 2.75) is 64.0 Å². The Morgan fingerprint density at radius 1 is 1.05 bits per heavy atom. The molecule has 3 rings (SSSR count). The van der Waals surface area contributed by atoms with Crippen molar-refractivity contribution in [1.29, 1.82) is 0 Å². The van der Waals surface area contributed by atoms with Gasteiger partial charge in [-0.3, -0.25) is 0 Å². The highest BCUT2D eigenvalue weighted by Crippen LogP contribution is 2.25. The molecule has 1 aromatic carbocycles. The van der Waals surface area contributed by atoms with Gasteiger partial charge in [0.25, 0.3) is 0 Å². The minimum absolute atomic E-state index is 0.449. The lowest BCUT2D eigenvalue weighted by Gasteiger charge is -2.24. The summed E-state index contributed by atoms with van der Waals surface area (Å²) in [6, 6.07) is 8.20. The third-order valence-electron chi connectivity index (χ3n) is 4.81. The van der Waals surface area contributed by atoms with Crippen LogP contribution < -0.4 is 5.32 Å². The van der Waals surface area contributed by atoms with Crippen LogP contribution in [0, 0.1) is 0 Å². The van der Waals surface area contributed by atoms with E-state index in [1.165, 1.54) is 44.1 Å². The van der Waals surface area contributed by atoms with Crippen molar-refractivity contribution in [3.05, 3.63) is 34.9 Å². The number of rotatable bonds is 3. The summed E-state index contributed by atoms with van der Waals surface area (Å²) in [5.74, 6) is 0. The summed E-state index contributed by atoms with van der Waals surface area (Å²) in [5, 5.41) is 3.80. The van der Waals surface area contributed by atoms with Crippen LogP contribution in [0.25, 0.3) is 0 Å². The van der Waals surface area contributed by atoms with Gasteiger partial charge in [0.05, 0.1) is 0 Å². The summed E-state index contributed by atoms with van der Waals surface area (Å²) in [6.07, 6.45) is 8.85. The van der Waals surface area contributed by atoms with Gasteiger partial charge in [0.2, 0.25) is 0 Å². The minimum atomic E-state index is 0.449. The van der Waals surface area contributed by atoms with E-state index >= 15 is 0 Å². The molecule has 1 fully saturated rings. The van der Waals surface area contributed by atoms with Gasteiger partial charge in [-0.15, -0.1) is 0 Å². The highest BCUT2D eigenvalue weighted by Gasteiger charge is 2.17. The van der Waals surface area contributed by atoms with Gasteiger partial charge in [0, 0.05) is 25.3 Å². The maximum atomic E-state index is 5.55. The summed E-state index contributed by atoms with van der Waals surface area (Å²) < 4.78 is 5.55. The van der Waals surface area contributed by atoms with Crippen LogP contribution in [-0.2, 0) is 17.6 Å². The second-order valence-corrected chi connectivity index (χ2v) is 6.36. The molecule has 0 amide bonds. The van der Waals surface area contributed by atoms with Gasteiger partial charge in [-0.25, -0.2) is 0 Å². The van der Waals surface area contributed by atoms with Gasteiger partial charge >= 0.3 is 0 Å². The van der Waals surface area contributed by atoms with Crippen LogP contribution in [-0.4, -0.2) is 19.3 Å². The lowest BCUT2D eigenvalue weighted by atomic mass is 9.89. The first-order valence-electron chi connectivity index (χ1n) is 8.28. The zero-order chi connectivity index (χ0) is 13.8. The van der Waals surface area contributed by atoms with E-state index in [-0.39, 0.29) is 0 Å². The third kappa shape index (κ3) is 3.42. The summed E-state index contributed by atoms with van der Waals surface area (Å²) in [6.45, 7) is 4.15. The molecular formula is C18H27NO. The fourth-order valence-electron chi connectivity index (χ4n) is 3.54. The van der Waals surface area contributed by atoms with Gasteiger partial charge in [0.1, 0.15) is 0 Å². The van der Waals surface area contributed by atoms with Crippen LogP contribution >= 0.6 is 0 Å². The van der Waals surface area contributed by atoms with E-state index in [2.05, 4.69) is 30.4 Å². The van der Waals surface area contributed by atoms with Crippen molar-refractivity contribution < 1.29 is 4.74 Å². The molecule has 0 saturated carbocycles. The molecule has 2 unspecified atom stereocenters. The van der Waals surface area contributed by atoms with E-state index in [0.29, 0.717) is 12.1 Å². The van der Waals surface area contributed by atoms with E-state index in [4.69, 9.17) is 4.74 Å². The molecule has 20 heavy (non-hydrogen) atoms. The average molecular weight is 273 g/mol. The Morgan fingerprint density at radius 2 is 1.90 bits per heavy atom. The van der Waals surface area contributed by atoms with E-state index in [1.807, 2.05) is 0 Å². The van der Waals surface area contributed by atoms with Crippen LogP contribution in [0.3, 0.4) is 0 Å². The molecule has 1 aliphatic heterocycles. The predicted octanol–water partition coefficient (Wildman–Crippen LogP) is 3.79. The van der Waals surface area contributed by atoms with Crippen molar-refractivity contribution >= 4 is 0 Å². The maximum absolute atomic E-state index is 5.55. The predicted molar refractivity (Wildman–Crippen MR) is 83.1 cm³/mol. The first kappa shape index (κ1) is 14.1. The number of hydrogen-bond acceptors (Lipinski definition) is 2. The molecule has 1 heterocycles. The molecule has 0 bridgehead atoms. The molecule has 1 aromatic rings. The molecule has 0 spiro atoms. The van der Waals surface area contributed by atoms with Crippen molar-refractivity contribution in [3.63, 3.8) is 0 Å². The second kappa shape index (κ2) is 6.73. The van der Waals surface area contributed by atoms with E-state index in [1.54, 1.807) is 11.1 Å². The fraction of sp³-hybridized carbons (Fsp3) is 0.667. The van der Waals surface area contributed by atoms with Crippen molar-refractivity contribution in [2.75, 3.05) is 13.2 Å². The lowest BCUT2D eigenvalue weighted by molar-refractivity contribution is 0.142. The largest absolute Gasteiger partial charge is 0.381 e. The van der Waals surface area contributed by atoms with E-state index < -0.39 is 0 Å². The van der Waals surface area contributed by atoms with Crippen LogP contribution in [0.5, 0.6) is 0 Å². The standard InChI is InChI=1S/C18H27NO/c1-14(19-18-7-4-11-20-12-10-18)16-9-8-15-5-2-3-6-17(15)13-16/h8-9,13-14,18-19H,2-7,10-12H2,1H3. The highest BCUT2D eigenvalue weighted by molar-refractivity contribution is 5.35. The molecule has 1 saturated heterocycles. The number of hydrogen-bond donors (Lipinski definition) is 1. The monoisotopic (exact) mass is 273 g/mol.